The number of nitrogens with one attached hydrogen (secondary N) is 3. The summed E-state index contributed by atoms with van der Waals surface area (Å²) in [5, 5.41) is 3.17. The van der Waals surface area contributed by atoms with Crippen LogP contribution in [0.2, 0.25) is 0 Å². The molecule has 5 N–H and O–H groups in total. The summed E-state index contributed by atoms with van der Waals surface area (Å²) in [5.74, 6) is 0.00597. The molecule has 0 saturated heterocycles. The molecule has 38 heavy (non-hydrogen) atoms. The standard InChI is InChI=1S/C27H30N6O4S/c1-29-26(34)19-8-7-18-10-14-33(17-20(18)16-19)27(35)23(11-15-32-13-3-6-25(32)28)31-38(36,37)24-5-2-4-22-21(24)9-12-30-22/h2-9,12-13,16,23,30-31H,10-11,14-15,17,28H2,1H3,(H,29,34). The number of anilines is 1. The van der Waals surface area contributed by atoms with Gasteiger partial charge >= 0.3 is 0 Å². The molecule has 2 amide bonds. The van der Waals surface area contributed by atoms with Gasteiger partial charge in [0.05, 0.1) is 4.90 Å². The van der Waals surface area contributed by atoms with Crippen molar-refractivity contribution in [3.05, 3.63) is 83.7 Å². The average molecular weight is 535 g/mol. The molecule has 1 aliphatic rings. The molecule has 1 unspecified atom stereocenters. The van der Waals surface area contributed by atoms with Crippen molar-refractivity contribution in [1.82, 2.24) is 24.5 Å². The lowest BCUT2D eigenvalue weighted by molar-refractivity contribution is -0.134. The number of nitrogens with zero attached hydrogens (tertiary/aromatic N) is 2. The van der Waals surface area contributed by atoms with Crippen molar-refractivity contribution < 1.29 is 18.0 Å². The molecule has 0 bridgehead atoms. The highest BCUT2D eigenvalue weighted by molar-refractivity contribution is 7.89. The topological polar surface area (TPSA) is 142 Å². The van der Waals surface area contributed by atoms with Crippen molar-refractivity contribution in [3.63, 3.8) is 0 Å². The molecule has 2 aromatic carbocycles. The van der Waals surface area contributed by atoms with Crippen LogP contribution in [-0.2, 0) is 34.3 Å². The van der Waals surface area contributed by atoms with Crippen LogP contribution in [0.1, 0.15) is 27.9 Å². The second-order valence-electron chi connectivity index (χ2n) is 9.36. The quantitative estimate of drug-likeness (QED) is 0.274. The van der Waals surface area contributed by atoms with E-state index in [1.54, 1.807) is 71.4 Å². The Morgan fingerprint density at radius 2 is 1.95 bits per heavy atom. The third kappa shape index (κ3) is 5.02. The summed E-state index contributed by atoms with van der Waals surface area (Å²) in [6.45, 7) is 1.09. The molecule has 4 aromatic rings. The lowest BCUT2D eigenvalue weighted by Gasteiger charge is -2.32. The SMILES string of the molecule is CNC(=O)c1ccc2c(c1)CN(C(=O)C(CCn1cccc1N)NS(=O)(=O)c1cccc3[nH]ccc13)CC2. The van der Waals surface area contributed by atoms with E-state index in [0.29, 0.717) is 41.8 Å². The second-order valence-corrected chi connectivity index (χ2v) is 11.0. The van der Waals surface area contributed by atoms with E-state index in [9.17, 15) is 18.0 Å². The molecule has 10 nitrogen and oxygen atoms in total. The number of carbonyl (C=O) groups excluding carboxylic acids is 2. The predicted octanol–water partition coefficient (Wildman–Crippen LogP) is 2.23. The van der Waals surface area contributed by atoms with E-state index in [1.165, 1.54) is 6.07 Å². The van der Waals surface area contributed by atoms with Crippen molar-refractivity contribution in [2.75, 3.05) is 19.3 Å². The smallest absolute Gasteiger partial charge is 0.251 e. The molecular formula is C27H30N6O4S. The Balaban J connectivity index is 1.42. The Morgan fingerprint density at radius 3 is 2.71 bits per heavy atom. The Hall–Kier alpha value is -4.09. The van der Waals surface area contributed by atoms with Gasteiger partial charge in [0.2, 0.25) is 15.9 Å². The van der Waals surface area contributed by atoms with Gasteiger partial charge in [0.1, 0.15) is 11.9 Å². The van der Waals surface area contributed by atoms with Gasteiger partial charge in [-0.25, -0.2) is 8.42 Å². The van der Waals surface area contributed by atoms with Crippen LogP contribution in [0, 0.1) is 0 Å². The molecule has 2 aromatic heterocycles. The van der Waals surface area contributed by atoms with E-state index < -0.39 is 16.1 Å². The number of nitrogen functional groups attached to an aromatic ring is 1. The Morgan fingerprint density at radius 1 is 1.11 bits per heavy atom. The van der Waals surface area contributed by atoms with Crippen LogP contribution in [0.25, 0.3) is 10.9 Å². The zero-order chi connectivity index (χ0) is 26.9. The summed E-state index contributed by atoms with van der Waals surface area (Å²) in [5.41, 5.74) is 9.16. The summed E-state index contributed by atoms with van der Waals surface area (Å²) >= 11 is 0. The predicted molar refractivity (Wildman–Crippen MR) is 145 cm³/mol. The van der Waals surface area contributed by atoms with Gasteiger partial charge in [0.15, 0.2) is 0 Å². The first-order valence-electron chi connectivity index (χ1n) is 12.4. The number of H-pyrrole nitrogens is 1. The third-order valence-corrected chi connectivity index (χ3v) is 8.51. The first-order chi connectivity index (χ1) is 18.3. The van der Waals surface area contributed by atoms with Gasteiger partial charge in [0.25, 0.3) is 5.91 Å². The van der Waals surface area contributed by atoms with Crippen molar-refractivity contribution in [2.45, 2.75) is 36.9 Å². The number of benzene rings is 2. The summed E-state index contributed by atoms with van der Waals surface area (Å²) < 4.78 is 31.6. The number of rotatable bonds is 8. The number of amides is 2. The van der Waals surface area contributed by atoms with E-state index in [1.807, 2.05) is 6.07 Å². The molecule has 1 aliphatic heterocycles. The molecule has 0 aliphatic carbocycles. The van der Waals surface area contributed by atoms with E-state index in [4.69, 9.17) is 5.73 Å². The number of carbonyl (C=O) groups is 2. The van der Waals surface area contributed by atoms with E-state index >= 15 is 0 Å². The minimum Gasteiger partial charge on any atom is -0.385 e. The third-order valence-electron chi connectivity index (χ3n) is 6.98. The van der Waals surface area contributed by atoms with Gasteiger partial charge in [-0.1, -0.05) is 12.1 Å². The van der Waals surface area contributed by atoms with Gasteiger partial charge < -0.3 is 25.5 Å². The normalized spacial score (nSPS) is 14.3. The van der Waals surface area contributed by atoms with Gasteiger partial charge in [-0.15, -0.1) is 0 Å². The maximum atomic E-state index is 13.8. The zero-order valence-electron chi connectivity index (χ0n) is 21.0. The number of aromatic amines is 1. The summed E-state index contributed by atoms with van der Waals surface area (Å²) in [4.78, 5) is 30.7. The van der Waals surface area contributed by atoms with Gasteiger partial charge in [-0.2, -0.15) is 4.72 Å². The molecule has 198 valence electrons. The molecular weight excluding hydrogens is 504 g/mol. The largest absolute Gasteiger partial charge is 0.385 e. The lowest BCUT2D eigenvalue weighted by Crippen LogP contribution is -2.50. The number of aryl methyl sites for hydroxylation is 1. The van der Waals surface area contributed by atoms with E-state index in [0.717, 1.165) is 11.1 Å². The molecule has 0 radical (unpaired) electrons. The van der Waals surface area contributed by atoms with Crippen molar-refractivity contribution in [2.24, 2.45) is 0 Å². The highest BCUT2D eigenvalue weighted by Gasteiger charge is 2.32. The van der Waals surface area contributed by atoms with Crippen LogP contribution in [0.3, 0.4) is 0 Å². The molecule has 0 fully saturated rings. The number of fused-ring (bicyclic) bond motifs is 2. The second kappa shape index (κ2) is 10.3. The Kier molecular flexibility index (Phi) is 6.96. The van der Waals surface area contributed by atoms with E-state index in [2.05, 4.69) is 15.0 Å². The average Bonchev–Trinajstić information content (AvgIpc) is 3.57. The van der Waals surface area contributed by atoms with Crippen LogP contribution in [0.5, 0.6) is 0 Å². The monoisotopic (exact) mass is 534 g/mol. The molecule has 1 atom stereocenters. The fraction of sp³-hybridized carbons (Fsp3) is 0.259. The summed E-state index contributed by atoms with van der Waals surface area (Å²) in [7, 11) is -2.46. The summed E-state index contributed by atoms with van der Waals surface area (Å²) in [6.07, 6.45) is 4.30. The number of nitrogens with two attached hydrogens (primary N) is 1. The first-order valence-corrected chi connectivity index (χ1v) is 13.9. The fourth-order valence-corrected chi connectivity index (χ4v) is 6.37. The number of hydrogen-bond acceptors (Lipinski definition) is 5. The van der Waals surface area contributed by atoms with Gasteiger partial charge in [0, 0.05) is 55.5 Å². The number of sulfonamides is 1. The van der Waals surface area contributed by atoms with Gasteiger partial charge in [-0.3, -0.25) is 9.59 Å². The maximum Gasteiger partial charge on any atom is 0.251 e. The molecule has 3 heterocycles. The minimum absolute atomic E-state index is 0.105. The zero-order valence-corrected chi connectivity index (χ0v) is 21.8. The lowest BCUT2D eigenvalue weighted by atomic mass is 9.96. The highest BCUT2D eigenvalue weighted by atomic mass is 32.2. The van der Waals surface area contributed by atoms with E-state index in [-0.39, 0.29) is 29.7 Å². The molecule has 0 saturated carbocycles. The van der Waals surface area contributed by atoms with Crippen LogP contribution in [0.4, 0.5) is 5.82 Å². The minimum atomic E-state index is -4.03. The maximum absolute atomic E-state index is 13.8. The van der Waals surface area contributed by atoms with Crippen molar-refractivity contribution in [1.29, 1.82) is 0 Å². The van der Waals surface area contributed by atoms with Crippen molar-refractivity contribution in [3.8, 4) is 0 Å². The Bertz CT molecular complexity index is 1610. The van der Waals surface area contributed by atoms with Crippen LogP contribution >= 0.6 is 0 Å². The fourth-order valence-electron chi connectivity index (χ4n) is 4.92. The molecule has 5 rings (SSSR count). The Labute approximate surface area is 220 Å². The van der Waals surface area contributed by atoms with Crippen LogP contribution < -0.4 is 15.8 Å². The van der Waals surface area contributed by atoms with Crippen molar-refractivity contribution >= 4 is 38.6 Å². The molecule has 11 heteroatoms. The first kappa shape index (κ1) is 25.6. The van der Waals surface area contributed by atoms with Gasteiger partial charge in [-0.05, 0) is 66.4 Å². The molecule has 0 spiro atoms. The summed E-state index contributed by atoms with van der Waals surface area (Å²) in [6, 6.07) is 14.7. The highest BCUT2D eigenvalue weighted by Crippen LogP contribution is 2.25. The van der Waals surface area contributed by atoms with Crippen LogP contribution in [-0.4, -0.2) is 54.3 Å². The van der Waals surface area contributed by atoms with Crippen LogP contribution in [0.15, 0.2) is 71.9 Å². The number of hydrogen-bond donors (Lipinski definition) is 4. The number of aromatic nitrogens is 2.